The first kappa shape index (κ1) is 75.4. The Morgan fingerprint density at radius 3 is 1.47 bits per heavy atom. The fourth-order valence-corrected chi connectivity index (χ4v) is 8.89. The topological polar surface area (TPSA) is 286 Å². The molecule has 7 N–H and O–H groups in total. The molecule has 1 radical (unpaired) electrons. The normalized spacial score (nSPS) is 10.4. The summed E-state index contributed by atoms with van der Waals surface area (Å²) in [6, 6.07) is 33.0. The number of carbonyl (C=O) groups is 5. The van der Waals surface area contributed by atoms with Gasteiger partial charge in [0.1, 0.15) is 32.8 Å². The van der Waals surface area contributed by atoms with Gasteiger partial charge in [0, 0.05) is 32.7 Å². The molecule has 0 spiro atoms. The zero-order chi connectivity index (χ0) is 63.1. The van der Waals surface area contributed by atoms with Crippen molar-refractivity contribution >= 4 is 156 Å². The first-order valence-corrected chi connectivity index (χ1v) is 29.4. The molecule has 0 saturated heterocycles. The van der Waals surface area contributed by atoms with Crippen LogP contribution in [0.25, 0.3) is 20.9 Å². The molecule has 5 aromatic heterocycles. The number of rotatable bonds is 11. The van der Waals surface area contributed by atoms with E-state index >= 15 is 0 Å². The number of nitrogen functional groups attached to an aromatic ring is 1. The average Bonchev–Trinajstić information content (AvgIpc) is 2.47. The van der Waals surface area contributed by atoms with Crippen LogP contribution in [0.1, 0.15) is 90.5 Å². The minimum atomic E-state index is -0.729. The van der Waals surface area contributed by atoms with E-state index < -0.39 is 45.2 Å². The van der Waals surface area contributed by atoms with Crippen molar-refractivity contribution in [3.05, 3.63) is 180 Å². The summed E-state index contributed by atoms with van der Waals surface area (Å²) < 4.78 is 20.7. The van der Waals surface area contributed by atoms with Crippen LogP contribution in [0.5, 0.6) is 5.06 Å². The Morgan fingerprint density at radius 2 is 1.06 bits per heavy atom. The molecule has 8 aromatic rings. The Balaban J connectivity index is 0.000000393. The summed E-state index contributed by atoms with van der Waals surface area (Å²) in [5, 5.41) is 36.1. The highest BCUT2D eigenvalue weighted by Crippen LogP contribution is 2.34. The third-order valence-electron chi connectivity index (χ3n) is 9.60. The average molecular weight is 1380 g/mol. The minimum Gasteiger partial charge on any atom is -0.530 e. The summed E-state index contributed by atoms with van der Waals surface area (Å²) in [5.41, 5.74) is 8.63. The monoisotopic (exact) mass is 1370 g/mol. The van der Waals surface area contributed by atoms with E-state index in [9.17, 15) is 34.1 Å². The number of ether oxygens (including phenoxy) is 3. The second-order valence-corrected chi connectivity index (χ2v) is 24.8. The molecule has 3 aromatic carbocycles. The van der Waals surface area contributed by atoms with Crippen LogP contribution in [0.4, 0.5) is 53.2 Å². The summed E-state index contributed by atoms with van der Waals surface area (Å²) in [6.07, 6.45) is 0.880. The number of halogens is 5. The number of nitro groups is 1. The molecule has 8 rings (SSSR count). The Kier molecular flexibility index (Phi) is 31.1. The van der Waals surface area contributed by atoms with Crippen molar-refractivity contribution in [2.24, 2.45) is 0 Å². The minimum absolute atomic E-state index is 0. The number of pyridine rings is 2. The van der Waals surface area contributed by atoms with Crippen molar-refractivity contribution in [1.82, 2.24) is 9.97 Å². The largest absolute Gasteiger partial charge is 0.569 e. The van der Waals surface area contributed by atoms with E-state index in [1.165, 1.54) is 48.0 Å². The number of aromatic nitrogens is 2. The number of nitrogens with one attached hydrogen (secondary N) is 4. The van der Waals surface area contributed by atoms with E-state index in [-0.39, 0.29) is 29.4 Å². The molecule has 0 aliphatic carbocycles. The lowest BCUT2D eigenvalue weighted by Gasteiger charge is -2.21. The molecular formula is C58H63BBrCl3FN8O12S3. The molecule has 0 atom stereocenters. The lowest BCUT2D eigenvalue weighted by molar-refractivity contribution is -0.384. The van der Waals surface area contributed by atoms with E-state index in [4.69, 9.17) is 59.8 Å². The predicted octanol–water partition coefficient (Wildman–Crippen LogP) is 17.7. The van der Waals surface area contributed by atoms with Crippen LogP contribution in [0.15, 0.2) is 148 Å². The standard InChI is InChI=1S/C21H20ClN3O3S.C15H18N2O2S.C11H13BrN2O4.C6H3Cl2NO.C4H4BO2S.CH4.FH/c1-21(2,3)28-20(27)25-15-8-6-13(17-5-4-10-29-17)11-16(15)24-19(26)14-7-9-18(22)23-12-14;1-15(2,3)19-14(18)17-12-7-6-10(9-11(12)16)13-5-4-8-20-13;1-11(2,3)18-10(15)13-8-5-4-7(12)6-9(8)14(16)17;7-5-2-1-4(3-9-5)6(8)10;6-5-7-4-2-1-3-8-4;;/h4-12H,1-3H3,(H,24,26)(H,25,27);4-9H,16H2,1-3H3,(H,17,18);4-6H,1-3H3,(H,13,15);1-3H;1-3,6H;1H4;1H. The number of thiophene rings is 3. The van der Waals surface area contributed by atoms with E-state index in [1.54, 1.807) is 107 Å². The zero-order valence-electron chi connectivity index (χ0n) is 47.4. The van der Waals surface area contributed by atoms with E-state index in [1.807, 2.05) is 85.4 Å². The van der Waals surface area contributed by atoms with Crippen LogP contribution >= 0.6 is 84.7 Å². The number of anilines is 5. The van der Waals surface area contributed by atoms with Gasteiger partial charge in [0.2, 0.25) is 0 Å². The second kappa shape index (κ2) is 35.8. The summed E-state index contributed by atoms with van der Waals surface area (Å²) in [5.74, 6) is -0.371. The van der Waals surface area contributed by atoms with Crippen LogP contribution in [0, 0.1) is 10.1 Å². The number of nitro benzene ring substituents is 1. The number of nitrogens with zero attached hydrogens (tertiary/aromatic N) is 3. The van der Waals surface area contributed by atoms with Crippen molar-refractivity contribution < 1.29 is 57.5 Å². The quantitative estimate of drug-likeness (QED) is 0.0133. The maximum Gasteiger partial charge on any atom is 0.569 e. The number of benzene rings is 3. The van der Waals surface area contributed by atoms with E-state index in [2.05, 4.69) is 51.8 Å². The summed E-state index contributed by atoms with van der Waals surface area (Å²) in [6.45, 7) is 15.9. The summed E-state index contributed by atoms with van der Waals surface area (Å²) >= 11 is 24.2. The maximum atomic E-state index is 12.7. The van der Waals surface area contributed by atoms with Gasteiger partial charge in [0.15, 0.2) is 5.06 Å². The smallest absolute Gasteiger partial charge is 0.530 e. The Morgan fingerprint density at radius 1 is 0.609 bits per heavy atom. The van der Waals surface area contributed by atoms with Gasteiger partial charge in [-0.2, -0.15) is 0 Å². The van der Waals surface area contributed by atoms with Gasteiger partial charge < -0.3 is 34.9 Å². The van der Waals surface area contributed by atoms with Crippen molar-refractivity contribution in [3.63, 3.8) is 0 Å². The van der Waals surface area contributed by atoms with Gasteiger partial charge in [-0.15, -0.1) is 34.0 Å². The van der Waals surface area contributed by atoms with Gasteiger partial charge in [0.05, 0.1) is 38.8 Å². The molecule has 0 fully saturated rings. The van der Waals surface area contributed by atoms with Gasteiger partial charge in [-0.05, 0) is 186 Å². The number of hydrogen-bond donors (Lipinski definition) is 6. The zero-order valence-corrected chi connectivity index (χ0v) is 53.7. The predicted molar refractivity (Wildman–Crippen MR) is 353 cm³/mol. The third-order valence-corrected chi connectivity index (χ3v) is 13.4. The molecule has 4 amide bonds. The lowest BCUT2D eigenvalue weighted by Crippen LogP contribution is -2.27. The van der Waals surface area contributed by atoms with Crippen LogP contribution < -0.4 is 31.7 Å². The van der Waals surface area contributed by atoms with Crippen LogP contribution in [-0.4, -0.2) is 73.8 Å². The summed E-state index contributed by atoms with van der Waals surface area (Å²) in [7, 11) is 0.672. The van der Waals surface area contributed by atoms with Crippen molar-refractivity contribution in [1.29, 1.82) is 0 Å². The Labute approximate surface area is 539 Å². The highest BCUT2D eigenvalue weighted by molar-refractivity contribution is 9.10. The molecule has 29 heteroatoms. The lowest BCUT2D eigenvalue weighted by atomic mass is 10.1. The van der Waals surface area contributed by atoms with Crippen molar-refractivity contribution in [2.75, 3.05) is 27.0 Å². The second-order valence-electron chi connectivity index (χ2n) is 19.9. The van der Waals surface area contributed by atoms with Crippen molar-refractivity contribution in [3.8, 4) is 25.9 Å². The fraction of sp³-hybridized carbons (Fsp3) is 0.224. The molecule has 0 unspecified atom stereocenters. The molecule has 20 nitrogen and oxygen atoms in total. The molecule has 87 heavy (non-hydrogen) atoms. The molecule has 0 bridgehead atoms. The molecule has 5 heterocycles. The van der Waals surface area contributed by atoms with E-state index in [0.717, 1.165) is 20.9 Å². The Bertz CT molecular complexity index is 3490. The number of nitrogens with two attached hydrogens (primary N) is 1. The van der Waals surface area contributed by atoms with Gasteiger partial charge in [-0.1, -0.05) is 70.8 Å². The van der Waals surface area contributed by atoms with Gasteiger partial charge in [0.25, 0.3) is 16.8 Å². The molecule has 463 valence electrons. The van der Waals surface area contributed by atoms with Gasteiger partial charge in [-0.25, -0.2) is 24.4 Å². The molecule has 0 aliphatic heterocycles. The molecule has 0 aliphatic rings. The highest BCUT2D eigenvalue weighted by Gasteiger charge is 2.22. The highest BCUT2D eigenvalue weighted by atomic mass is 79.9. The first-order chi connectivity index (χ1) is 39.9. The van der Waals surface area contributed by atoms with Crippen LogP contribution in [0.3, 0.4) is 0 Å². The maximum absolute atomic E-state index is 12.7. The fourth-order valence-electron chi connectivity index (χ4n) is 6.21. The molecular weight excluding hydrogens is 1310 g/mol. The number of carbonyl (C=O) groups excluding carboxylic acids is 5. The van der Waals surface area contributed by atoms with Crippen LogP contribution in [-0.2, 0) is 14.2 Å². The third kappa shape index (κ3) is 28.6. The first-order valence-electron chi connectivity index (χ1n) is 24.8. The summed E-state index contributed by atoms with van der Waals surface area (Å²) in [4.78, 5) is 78.6. The SMILES string of the molecule is C.CC(C)(C)OC(=O)Nc1ccc(-c2cccs2)cc1N.CC(C)(C)OC(=O)Nc1ccc(-c2cccs2)cc1NC(=O)c1ccc(Cl)nc1.CC(C)(C)OC(=O)Nc1ccc(Br)cc1[N+](=O)[O-].F.O=C(Cl)c1ccc(Cl)nc1.O[B]Oc1cccs1. The van der Waals surface area contributed by atoms with E-state index in [0.29, 0.717) is 61.4 Å². The van der Waals surface area contributed by atoms with Gasteiger partial charge in [-0.3, -0.25) is 40.4 Å². The molecule has 0 saturated carbocycles. The van der Waals surface area contributed by atoms with Crippen molar-refractivity contribution in [2.45, 2.75) is 86.5 Å². The number of amides is 4. The van der Waals surface area contributed by atoms with Gasteiger partial charge >= 0.3 is 26.0 Å². The number of hydrogen-bond acceptors (Lipinski definition) is 18. The van der Waals surface area contributed by atoms with Crippen LogP contribution in [0.2, 0.25) is 10.3 Å². The Hall–Kier alpha value is -7.69.